The molecule has 1 fully saturated rings. The van der Waals surface area contributed by atoms with Gasteiger partial charge in [-0.15, -0.1) is 0 Å². The van der Waals surface area contributed by atoms with Crippen molar-refractivity contribution >= 4 is 23.5 Å². The van der Waals surface area contributed by atoms with Gasteiger partial charge in [-0.2, -0.15) is 0 Å². The number of likely N-dealkylation sites (N-methyl/N-ethyl adjacent to an activating group) is 1. The maximum absolute atomic E-state index is 13.3. The van der Waals surface area contributed by atoms with Gasteiger partial charge in [0.2, 0.25) is 5.91 Å². The Hall–Kier alpha value is -3.63. The zero-order valence-corrected chi connectivity index (χ0v) is 19.5. The van der Waals surface area contributed by atoms with Crippen LogP contribution in [0.4, 0.5) is 5.69 Å². The molecule has 0 aliphatic carbocycles. The highest BCUT2D eigenvalue weighted by Crippen LogP contribution is 2.30. The molecule has 2 amide bonds. The summed E-state index contributed by atoms with van der Waals surface area (Å²) in [6.45, 7) is 1.27. The first-order chi connectivity index (χ1) is 16.8. The number of nitrogens with zero attached hydrogens (tertiary/aromatic N) is 2. The van der Waals surface area contributed by atoms with Gasteiger partial charge < -0.3 is 29.9 Å². The number of hydrogen-bond acceptors (Lipinski definition) is 7. The first-order valence-corrected chi connectivity index (χ1v) is 11.4. The predicted molar refractivity (Wildman–Crippen MR) is 126 cm³/mol. The number of ether oxygens (including phenoxy) is 2. The highest BCUT2D eigenvalue weighted by atomic mass is 16.5. The Labute approximate surface area is 203 Å². The molecule has 0 saturated carbocycles. The van der Waals surface area contributed by atoms with Crippen molar-refractivity contribution in [3.8, 4) is 11.5 Å². The molecule has 2 heterocycles. The molecule has 2 aromatic rings. The Bertz CT molecular complexity index is 1110. The molecule has 186 valence electrons. The van der Waals surface area contributed by atoms with Gasteiger partial charge in [0.1, 0.15) is 11.5 Å². The van der Waals surface area contributed by atoms with Gasteiger partial charge in [-0.05, 0) is 41.8 Å². The van der Waals surface area contributed by atoms with Gasteiger partial charge in [-0.25, -0.2) is 4.79 Å². The second kappa shape index (κ2) is 10.7. The van der Waals surface area contributed by atoms with Crippen molar-refractivity contribution in [2.45, 2.75) is 25.0 Å². The molecular formula is C25H29N3O7. The molecule has 3 N–H and O–H groups in total. The smallest absolute Gasteiger partial charge is 0.341 e. The fourth-order valence-corrected chi connectivity index (χ4v) is 4.34. The highest BCUT2D eigenvalue weighted by molar-refractivity contribution is 5.95. The largest absolute Gasteiger partial charge is 0.482 e. The topological polar surface area (TPSA) is 129 Å². The van der Waals surface area contributed by atoms with Crippen LogP contribution in [-0.2, 0) is 20.8 Å². The fraction of sp³-hybridized carbons (Fsp3) is 0.400. The molecule has 0 radical (unpaired) electrons. The number of amides is 2. The summed E-state index contributed by atoms with van der Waals surface area (Å²) in [6, 6.07) is 12.0. The molecule has 0 unspecified atom stereocenters. The number of likely N-dealkylation sites (tertiary alicyclic amines) is 1. The lowest BCUT2D eigenvalue weighted by atomic mass is 10.0. The molecule has 1 saturated heterocycles. The van der Waals surface area contributed by atoms with Gasteiger partial charge in [0, 0.05) is 26.7 Å². The molecule has 0 aromatic heterocycles. The lowest BCUT2D eigenvalue weighted by molar-refractivity contribution is -0.139. The third kappa shape index (κ3) is 6.28. The van der Waals surface area contributed by atoms with Crippen LogP contribution >= 0.6 is 0 Å². The van der Waals surface area contributed by atoms with Gasteiger partial charge in [-0.3, -0.25) is 14.5 Å². The van der Waals surface area contributed by atoms with Crippen LogP contribution < -0.4 is 14.8 Å². The van der Waals surface area contributed by atoms with E-state index in [9.17, 15) is 19.5 Å². The van der Waals surface area contributed by atoms with Crippen LogP contribution in [0.15, 0.2) is 42.5 Å². The molecule has 0 spiro atoms. The average molecular weight is 484 g/mol. The SMILES string of the molecule is CN(C(=O)Cc1ccc2c(c1)NC(=O)CO2)[C@H](CN1CC[C@H](O)C1)c1cccc(OCC(=O)O)c1. The van der Waals surface area contributed by atoms with E-state index in [0.29, 0.717) is 36.7 Å². The standard InChI is InChI=1S/C25H29N3O7/c1-27(24(31)10-16-5-6-22-20(9-16)26-23(30)14-35-22)21(13-28-8-7-18(29)12-28)17-3-2-4-19(11-17)34-15-25(32)33/h2-6,9,11,18,21,29H,7-8,10,12-15H2,1H3,(H,26,30)(H,32,33)/t18-,21+/m0/s1. The summed E-state index contributed by atoms with van der Waals surface area (Å²) in [4.78, 5) is 39.6. The summed E-state index contributed by atoms with van der Waals surface area (Å²) in [5.74, 6) is -0.470. The number of benzene rings is 2. The lowest BCUT2D eigenvalue weighted by Crippen LogP contribution is -2.39. The van der Waals surface area contributed by atoms with Crippen molar-refractivity contribution in [2.24, 2.45) is 0 Å². The van der Waals surface area contributed by atoms with Crippen LogP contribution in [0.25, 0.3) is 0 Å². The lowest BCUT2D eigenvalue weighted by Gasteiger charge is -2.32. The second-order valence-electron chi connectivity index (χ2n) is 8.82. The van der Waals surface area contributed by atoms with E-state index in [2.05, 4.69) is 10.2 Å². The maximum Gasteiger partial charge on any atom is 0.341 e. The van der Waals surface area contributed by atoms with Crippen LogP contribution in [0.3, 0.4) is 0 Å². The molecule has 0 bridgehead atoms. The minimum atomic E-state index is -1.07. The number of carboxylic acids is 1. The van der Waals surface area contributed by atoms with E-state index in [1.54, 1.807) is 48.3 Å². The molecule has 2 aliphatic heterocycles. The summed E-state index contributed by atoms with van der Waals surface area (Å²) >= 11 is 0. The van der Waals surface area contributed by atoms with Crippen molar-refractivity contribution in [1.82, 2.24) is 9.80 Å². The zero-order valence-electron chi connectivity index (χ0n) is 19.5. The molecule has 10 nitrogen and oxygen atoms in total. The van der Waals surface area contributed by atoms with Crippen LogP contribution in [0.2, 0.25) is 0 Å². The first kappa shape index (κ1) is 24.5. The summed E-state index contributed by atoms with van der Waals surface area (Å²) in [5.41, 5.74) is 2.08. The molecule has 2 aromatic carbocycles. The highest BCUT2D eigenvalue weighted by Gasteiger charge is 2.29. The summed E-state index contributed by atoms with van der Waals surface area (Å²) in [6.07, 6.45) is 0.401. The number of aliphatic hydroxyl groups is 1. The van der Waals surface area contributed by atoms with E-state index in [-0.39, 0.29) is 30.9 Å². The number of carbonyl (C=O) groups excluding carboxylic acids is 2. The monoisotopic (exact) mass is 483 g/mol. The fourth-order valence-electron chi connectivity index (χ4n) is 4.34. The molecular weight excluding hydrogens is 454 g/mol. The number of rotatable bonds is 9. The van der Waals surface area contributed by atoms with Crippen LogP contribution in [-0.4, -0.2) is 83.8 Å². The van der Waals surface area contributed by atoms with E-state index in [1.807, 2.05) is 6.07 Å². The third-order valence-corrected chi connectivity index (χ3v) is 6.18. The van der Waals surface area contributed by atoms with E-state index >= 15 is 0 Å². The maximum atomic E-state index is 13.3. The van der Waals surface area contributed by atoms with E-state index < -0.39 is 18.7 Å². The zero-order chi connectivity index (χ0) is 24.9. The van der Waals surface area contributed by atoms with Crippen molar-refractivity contribution in [2.75, 3.05) is 45.2 Å². The summed E-state index contributed by atoms with van der Waals surface area (Å²) in [5, 5.41) is 21.6. The predicted octanol–water partition coefficient (Wildman–Crippen LogP) is 1.29. The normalized spacial score (nSPS) is 18.2. The number of anilines is 1. The molecule has 2 aliphatic rings. The molecule has 35 heavy (non-hydrogen) atoms. The molecule has 10 heteroatoms. The average Bonchev–Trinajstić information content (AvgIpc) is 3.25. The van der Waals surface area contributed by atoms with Gasteiger partial charge in [-0.1, -0.05) is 18.2 Å². The van der Waals surface area contributed by atoms with E-state index in [4.69, 9.17) is 14.6 Å². The Balaban J connectivity index is 1.53. The number of carboxylic acid groups (broad SMARTS) is 1. The molecule has 2 atom stereocenters. The number of aliphatic hydroxyl groups excluding tert-OH is 1. The Kier molecular flexibility index (Phi) is 7.52. The van der Waals surface area contributed by atoms with Crippen LogP contribution in [0.1, 0.15) is 23.6 Å². The molecule has 4 rings (SSSR count). The van der Waals surface area contributed by atoms with Gasteiger partial charge in [0.15, 0.2) is 13.2 Å². The van der Waals surface area contributed by atoms with Crippen LogP contribution in [0, 0.1) is 0 Å². The summed E-state index contributed by atoms with van der Waals surface area (Å²) < 4.78 is 10.7. The van der Waals surface area contributed by atoms with Gasteiger partial charge in [0.25, 0.3) is 5.91 Å². The minimum Gasteiger partial charge on any atom is -0.482 e. The Morgan fingerprint density at radius 3 is 2.86 bits per heavy atom. The Morgan fingerprint density at radius 1 is 1.29 bits per heavy atom. The van der Waals surface area contributed by atoms with Crippen molar-refractivity contribution in [1.29, 1.82) is 0 Å². The minimum absolute atomic E-state index is 0.0316. The van der Waals surface area contributed by atoms with Crippen molar-refractivity contribution in [3.05, 3.63) is 53.6 Å². The van der Waals surface area contributed by atoms with Crippen LogP contribution in [0.5, 0.6) is 11.5 Å². The van der Waals surface area contributed by atoms with Gasteiger partial charge >= 0.3 is 5.97 Å². The number of aliphatic carboxylic acids is 1. The quantitative estimate of drug-likeness (QED) is 0.487. The number of hydrogen-bond donors (Lipinski definition) is 3. The third-order valence-electron chi connectivity index (χ3n) is 6.18. The Morgan fingerprint density at radius 2 is 2.11 bits per heavy atom. The van der Waals surface area contributed by atoms with Crippen molar-refractivity contribution in [3.63, 3.8) is 0 Å². The van der Waals surface area contributed by atoms with E-state index in [0.717, 1.165) is 17.7 Å². The number of fused-ring (bicyclic) bond motifs is 1. The number of carbonyl (C=O) groups is 3. The van der Waals surface area contributed by atoms with Gasteiger partial charge in [0.05, 0.1) is 24.3 Å². The van der Waals surface area contributed by atoms with Crippen molar-refractivity contribution < 1.29 is 34.1 Å². The summed E-state index contributed by atoms with van der Waals surface area (Å²) in [7, 11) is 1.73. The second-order valence-corrected chi connectivity index (χ2v) is 8.82. The number of β-amino-alcohol motifs (C(OH)–C–C–N with tert-alkyl or cyclic N) is 1. The van der Waals surface area contributed by atoms with E-state index in [1.165, 1.54) is 0 Å². The first-order valence-electron chi connectivity index (χ1n) is 11.4. The number of nitrogens with one attached hydrogen (secondary N) is 1.